The summed E-state index contributed by atoms with van der Waals surface area (Å²) in [6.45, 7) is 3.42. The highest BCUT2D eigenvalue weighted by Crippen LogP contribution is 2.29. The number of piperidine rings is 1. The van der Waals surface area contributed by atoms with E-state index in [2.05, 4.69) is 25.4 Å². The maximum atomic E-state index is 12.6. The third-order valence-electron chi connectivity index (χ3n) is 5.73. The molecule has 1 aromatic carbocycles. The number of rotatable bonds is 10. The number of carbonyl (C=O) groups excluding carboxylic acids is 1. The molecule has 3 aromatic rings. The maximum Gasteiger partial charge on any atom is 0.298 e. The lowest BCUT2D eigenvalue weighted by atomic mass is 9.94. The molecule has 32 heavy (non-hydrogen) atoms. The topological polar surface area (TPSA) is 108 Å². The molecular formula is C22H30N6O4. The maximum absolute atomic E-state index is 12.6. The molecule has 0 aliphatic carbocycles. The van der Waals surface area contributed by atoms with Crippen LogP contribution in [0.3, 0.4) is 0 Å². The van der Waals surface area contributed by atoms with Gasteiger partial charge in [-0.15, -0.1) is 10.2 Å². The van der Waals surface area contributed by atoms with Gasteiger partial charge in [-0.05, 0) is 37.3 Å². The van der Waals surface area contributed by atoms with Gasteiger partial charge in [0, 0.05) is 45.8 Å². The molecular weight excluding hydrogens is 412 g/mol. The summed E-state index contributed by atoms with van der Waals surface area (Å²) in [6, 6.07) is 6.19. The molecule has 1 aliphatic rings. The van der Waals surface area contributed by atoms with Crippen LogP contribution in [0.5, 0.6) is 5.75 Å². The van der Waals surface area contributed by atoms with Crippen LogP contribution >= 0.6 is 0 Å². The molecule has 0 radical (unpaired) electrons. The van der Waals surface area contributed by atoms with E-state index in [0.717, 1.165) is 61.6 Å². The van der Waals surface area contributed by atoms with Crippen LogP contribution in [-0.4, -0.2) is 59.6 Å². The van der Waals surface area contributed by atoms with Crippen molar-refractivity contribution in [3.8, 4) is 5.75 Å². The van der Waals surface area contributed by atoms with E-state index in [4.69, 9.17) is 13.9 Å². The van der Waals surface area contributed by atoms with E-state index in [-0.39, 0.29) is 11.8 Å². The highest BCUT2D eigenvalue weighted by atomic mass is 16.5. The molecule has 172 valence electrons. The first-order valence-electron chi connectivity index (χ1n) is 11.0. The summed E-state index contributed by atoms with van der Waals surface area (Å²) in [6.07, 6.45) is 5.02. The number of oxazole rings is 1. The van der Waals surface area contributed by atoms with E-state index < -0.39 is 0 Å². The van der Waals surface area contributed by atoms with Crippen molar-refractivity contribution >= 4 is 23.0 Å². The standard InChI is InChI=1S/C22H30N6O4/c1-30-10-4-9-28-15-24-26-20(28)13-23-21(29)11-16-5-3-8-27(14-16)22-25-18-12-17(31-2)6-7-19(18)32-22/h6-7,12,15-16H,3-5,8-11,13-14H2,1-2H3,(H,23,29). The first-order valence-corrected chi connectivity index (χ1v) is 11.0. The molecule has 1 aliphatic heterocycles. The fourth-order valence-corrected chi connectivity index (χ4v) is 4.06. The van der Waals surface area contributed by atoms with E-state index >= 15 is 0 Å². The lowest BCUT2D eigenvalue weighted by Crippen LogP contribution is -2.38. The van der Waals surface area contributed by atoms with E-state index in [9.17, 15) is 4.79 Å². The summed E-state index contributed by atoms with van der Waals surface area (Å²) in [4.78, 5) is 19.3. The molecule has 0 bridgehead atoms. The van der Waals surface area contributed by atoms with Crippen molar-refractivity contribution in [2.24, 2.45) is 5.92 Å². The predicted molar refractivity (Wildman–Crippen MR) is 118 cm³/mol. The van der Waals surface area contributed by atoms with Gasteiger partial charge in [-0.1, -0.05) is 0 Å². The Morgan fingerprint density at radius 3 is 3.09 bits per heavy atom. The van der Waals surface area contributed by atoms with Gasteiger partial charge in [0.2, 0.25) is 5.91 Å². The summed E-state index contributed by atoms with van der Waals surface area (Å²) in [7, 11) is 3.31. The Kier molecular flexibility index (Phi) is 7.21. The summed E-state index contributed by atoms with van der Waals surface area (Å²) in [5.41, 5.74) is 1.50. The fraction of sp³-hybridized carbons (Fsp3) is 0.545. The lowest BCUT2D eigenvalue weighted by Gasteiger charge is -2.31. The Morgan fingerprint density at radius 1 is 1.34 bits per heavy atom. The number of anilines is 1. The molecule has 10 nitrogen and oxygen atoms in total. The second-order valence-corrected chi connectivity index (χ2v) is 8.05. The van der Waals surface area contributed by atoms with Crippen molar-refractivity contribution in [1.29, 1.82) is 0 Å². The summed E-state index contributed by atoms with van der Waals surface area (Å²) in [5, 5.41) is 11.1. The third-order valence-corrected chi connectivity index (χ3v) is 5.73. The van der Waals surface area contributed by atoms with Gasteiger partial charge in [-0.3, -0.25) is 4.79 Å². The molecule has 0 spiro atoms. The van der Waals surface area contributed by atoms with Crippen molar-refractivity contribution < 1.29 is 18.7 Å². The smallest absolute Gasteiger partial charge is 0.298 e. The molecule has 1 fully saturated rings. The highest BCUT2D eigenvalue weighted by Gasteiger charge is 2.25. The van der Waals surface area contributed by atoms with Gasteiger partial charge in [0.15, 0.2) is 11.4 Å². The van der Waals surface area contributed by atoms with Crippen LogP contribution in [0.15, 0.2) is 28.9 Å². The number of aromatic nitrogens is 4. The van der Waals surface area contributed by atoms with Crippen molar-refractivity contribution in [1.82, 2.24) is 25.1 Å². The summed E-state index contributed by atoms with van der Waals surface area (Å²) >= 11 is 0. The first-order chi connectivity index (χ1) is 15.7. The molecule has 1 atom stereocenters. The first kappa shape index (κ1) is 22.1. The van der Waals surface area contributed by atoms with E-state index in [1.54, 1.807) is 20.5 Å². The molecule has 3 heterocycles. The van der Waals surface area contributed by atoms with Gasteiger partial charge >= 0.3 is 0 Å². The summed E-state index contributed by atoms with van der Waals surface area (Å²) in [5.74, 6) is 1.76. The zero-order chi connectivity index (χ0) is 22.3. The number of carbonyl (C=O) groups is 1. The zero-order valence-electron chi connectivity index (χ0n) is 18.6. The second-order valence-electron chi connectivity index (χ2n) is 8.05. The molecule has 1 unspecified atom stereocenters. The SMILES string of the molecule is COCCCn1cnnc1CNC(=O)CC1CCCN(c2nc3cc(OC)ccc3o2)C1. The molecule has 4 rings (SSSR count). The molecule has 10 heteroatoms. The molecule has 0 saturated carbocycles. The number of aryl methyl sites for hydroxylation is 1. The van der Waals surface area contributed by atoms with Crippen LogP contribution in [0.2, 0.25) is 0 Å². The van der Waals surface area contributed by atoms with Crippen molar-refractivity contribution in [3.63, 3.8) is 0 Å². The Morgan fingerprint density at radius 2 is 2.25 bits per heavy atom. The second kappa shape index (κ2) is 10.4. The predicted octanol–water partition coefficient (Wildman–Crippen LogP) is 2.39. The number of nitrogens with zero attached hydrogens (tertiary/aromatic N) is 5. The Bertz CT molecular complexity index is 1030. The fourth-order valence-electron chi connectivity index (χ4n) is 4.06. The van der Waals surface area contributed by atoms with Crippen LogP contribution in [0.4, 0.5) is 6.01 Å². The molecule has 1 amide bonds. The monoisotopic (exact) mass is 442 g/mol. The van der Waals surface area contributed by atoms with Gasteiger partial charge in [-0.2, -0.15) is 4.98 Å². The Balaban J connectivity index is 1.29. The number of hydrogen-bond acceptors (Lipinski definition) is 8. The van der Waals surface area contributed by atoms with Crippen molar-refractivity contribution in [3.05, 3.63) is 30.4 Å². The number of amides is 1. The number of benzene rings is 1. The minimum Gasteiger partial charge on any atom is -0.497 e. The van der Waals surface area contributed by atoms with Gasteiger partial charge in [0.1, 0.15) is 17.6 Å². The van der Waals surface area contributed by atoms with Gasteiger partial charge < -0.3 is 28.7 Å². The van der Waals surface area contributed by atoms with Gasteiger partial charge in [-0.25, -0.2) is 0 Å². The van der Waals surface area contributed by atoms with Crippen LogP contribution in [-0.2, 0) is 22.6 Å². The quantitative estimate of drug-likeness (QED) is 0.477. The molecule has 1 saturated heterocycles. The average Bonchev–Trinajstić information content (AvgIpc) is 3.44. The van der Waals surface area contributed by atoms with Crippen LogP contribution < -0.4 is 15.0 Å². The van der Waals surface area contributed by atoms with Crippen LogP contribution in [0.1, 0.15) is 31.5 Å². The minimum absolute atomic E-state index is 0.0191. The van der Waals surface area contributed by atoms with Gasteiger partial charge in [0.05, 0.1) is 13.7 Å². The Hall–Kier alpha value is -3.14. The Labute approximate surface area is 186 Å². The number of methoxy groups -OCH3 is 2. The third kappa shape index (κ3) is 5.37. The van der Waals surface area contributed by atoms with Crippen molar-refractivity contribution in [2.75, 3.05) is 38.8 Å². The minimum atomic E-state index is 0.0191. The largest absolute Gasteiger partial charge is 0.497 e. The van der Waals surface area contributed by atoms with E-state index in [0.29, 0.717) is 25.6 Å². The summed E-state index contributed by atoms with van der Waals surface area (Å²) < 4.78 is 18.2. The van der Waals surface area contributed by atoms with E-state index in [1.165, 1.54) is 0 Å². The van der Waals surface area contributed by atoms with E-state index in [1.807, 2.05) is 22.8 Å². The normalized spacial score (nSPS) is 16.4. The number of fused-ring (bicyclic) bond motifs is 1. The zero-order valence-corrected chi connectivity index (χ0v) is 18.6. The van der Waals surface area contributed by atoms with Crippen molar-refractivity contribution in [2.45, 2.75) is 38.8 Å². The highest BCUT2D eigenvalue weighted by molar-refractivity contribution is 5.77. The molecule has 2 aromatic heterocycles. The average molecular weight is 443 g/mol. The number of nitrogens with one attached hydrogen (secondary N) is 1. The van der Waals surface area contributed by atoms with Crippen LogP contribution in [0, 0.1) is 5.92 Å². The van der Waals surface area contributed by atoms with Gasteiger partial charge in [0.25, 0.3) is 6.01 Å². The lowest BCUT2D eigenvalue weighted by molar-refractivity contribution is -0.122. The number of ether oxygens (including phenoxy) is 2. The van der Waals surface area contributed by atoms with Crippen LogP contribution in [0.25, 0.3) is 11.1 Å². The molecule has 1 N–H and O–H groups in total. The number of hydrogen-bond donors (Lipinski definition) is 1.